The van der Waals surface area contributed by atoms with Crippen LogP contribution in [-0.4, -0.2) is 137 Å². The van der Waals surface area contributed by atoms with Gasteiger partial charge in [-0.2, -0.15) is 0 Å². The summed E-state index contributed by atoms with van der Waals surface area (Å²) in [4.78, 5) is 0. The predicted octanol–water partition coefficient (Wildman–Crippen LogP) is 7.53. The number of rotatable bonds is 30. The molecule has 0 aromatic carbocycles. The molecule has 4 aliphatic rings. The Bertz CT molecular complexity index is 1010. The Morgan fingerprint density at radius 1 is 0.407 bits per heavy atom. The zero-order chi connectivity index (χ0) is 43.1. The molecule has 4 rings (SSSR count). The molecule has 16 nitrogen and oxygen atoms in total. The molecule has 4 fully saturated rings. The molecule has 0 aliphatic carbocycles. The monoisotopic (exact) mass is 871 g/mol. The molecule has 0 amide bonds. The summed E-state index contributed by atoms with van der Waals surface area (Å²) < 4.78 is 99.6. The summed E-state index contributed by atoms with van der Waals surface area (Å²) in [5, 5.41) is -0.496. The molecule has 0 aromatic rings. The zero-order valence-corrected chi connectivity index (χ0v) is 38.8. The predicted molar refractivity (Wildman–Crippen MR) is 218 cm³/mol. The van der Waals surface area contributed by atoms with Gasteiger partial charge in [-0.05, 0) is 53.4 Å². The average molecular weight is 871 g/mol. The van der Waals surface area contributed by atoms with E-state index in [1.54, 1.807) is 11.8 Å². The van der Waals surface area contributed by atoms with Crippen molar-refractivity contribution < 1.29 is 75.8 Å². The molecule has 0 bridgehead atoms. The first-order chi connectivity index (χ1) is 28.2. The first kappa shape index (κ1) is 51.3. The van der Waals surface area contributed by atoms with E-state index in [9.17, 15) is 0 Å². The molecule has 4 saturated heterocycles. The van der Waals surface area contributed by atoms with Gasteiger partial charge in [0, 0.05) is 25.7 Å². The van der Waals surface area contributed by atoms with Gasteiger partial charge in [0.05, 0.1) is 87.8 Å². The minimum atomic E-state index is -1.16. The Balaban J connectivity index is 1.53. The van der Waals surface area contributed by atoms with Gasteiger partial charge in [0.15, 0.2) is 25.2 Å². The zero-order valence-electron chi connectivity index (χ0n) is 38.0. The van der Waals surface area contributed by atoms with E-state index in [1.807, 2.05) is 83.1 Å². The van der Waals surface area contributed by atoms with Crippen molar-refractivity contribution in [3.05, 3.63) is 0 Å². The molecule has 4 aliphatic heterocycles. The van der Waals surface area contributed by atoms with E-state index >= 15 is 0 Å². The fourth-order valence-electron chi connectivity index (χ4n) is 6.92. The molecule has 4 heterocycles. The smallest absolute Gasteiger partial charge is 0.285 e. The lowest BCUT2D eigenvalue weighted by atomic mass is 10.4. The molecule has 0 saturated carbocycles. The van der Waals surface area contributed by atoms with E-state index in [0.29, 0.717) is 77.8 Å². The molecule has 0 N–H and O–H groups in total. The van der Waals surface area contributed by atoms with Crippen LogP contribution in [0.2, 0.25) is 0 Å². The van der Waals surface area contributed by atoms with E-state index < -0.39 is 49.1 Å². The third-order valence-electron chi connectivity index (χ3n) is 10.2. The summed E-state index contributed by atoms with van der Waals surface area (Å²) in [7, 11) is 0. The van der Waals surface area contributed by atoms with E-state index in [4.69, 9.17) is 75.8 Å². The maximum atomic E-state index is 6.51. The van der Waals surface area contributed by atoms with Crippen molar-refractivity contribution in [1.29, 1.82) is 0 Å². The largest absolute Gasteiger partial charge is 0.351 e. The number of hydrogen-bond donors (Lipinski definition) is 0. The first-order valence-corrected chi connectivity index (χ1v) is 23.3. The van der Waals surface area contributed by atoms with Crippen molar-refractivity contribution in [1.82, 2.24) is 0 Å². The molecule has 0 spiro atoms. The number of ether oxygens (including phenoxy) is 16. The van der Waals surface area contributed by atoms with Gasteiger partial charge >= 0.3 is 0 Å². The quantitative estimate of drug-likeness (QED) is 0.0655. The van der Waals surface area contributed by atoms with Crippen LogP contribution in [-0.2, 0) is 75.8 Å². The van der Waals surface area contributed by atoms with E-state index in [-0.39, 0.29) is 61.3 Å². The highest BCUT2D eigenvalue weighted by Crippen LogP contribution is 2.35. The molecule has 0 radical (unpaired) electrons. The molecule has 348 valence electrons. The highest BCUT2D eigenvalue weighted by Gasteiger charge is 2.45. The average Bonchev–Trinajstić information content (AvgIpc) is 4.02. The molecule has 12 atom stereocenters. The van der Waals surface area contributed by atoms with Crippen molar-refractivity contribution in [2.24, 2.45) is 0 Å². The molecular weight excluding hydrogens is 793 g/mol. The van der Waals surface area contributed by atoms with Crippen molar-refractivity contribution in [3.63, 3.8) is 0 Å². The van der Waals surface area contributed by atoms with Gasteiger partial charge in [0.2, 0.25) is 0 Å². The molecular formula is C42H78O16S. The third kappa shape index (κ3) is 15.4. The highest BCUT2D eigenvalue weighted by atomic mass is 32.2. The van der Waals surface area contributed by atoms with Crippen LogP contribution in [0, 0.1) is 0 Å². The minimum Gasteiger partial charge on any atom is -0.351 e. The Kier molecular flexibility index (Phi) is 21.5. The van der Waals surface area contributed by atoms with Crippen molar-refractivity contribution >= 4 is 11.8 Å². The molecule has 12 unspecified atom stereocenters. The lowest BCUT2D eigenvalue weighted by molar-refractivity contribution is -0.388. The topological polar surface area (TPSA) is 148 Å². The van der Waals surface area contributed by atoms with Crippen LogP contribution in [0.5, 0.6) is 0 Å². The number of hydrogen-bond acceptors (Lipinski definition) is 17. The normalized spacial score (nSPS) is 35.6. The van der Waals surface area contributed by atoms with Crippen molar-refractivity contribution in [2.75, 3.05) is 52.9 Å². The minimum absolute atomic E-state index is 0.0882. The van der Waals surface area contributed by atoms with Gasteiger partial charge in [0.1, 0.15) is 0 Å². The summed E-state index contributed by atoms with van der Waals surface area (Å²) in [5.74, 6) is -4.66. The Morgan fingerprint density at radius 3 is 0.780 bits per heavy atom. The fraction of sp³-hybridized carbons (Fsp3) is 1.00. The maximum absolute atomic E-state index is 6.51. The van der Waals surface area contributed by atoms with Gasteiger partial charge < -0.3 is 56.8 Å². The van der Waals surface area contributed by atoms with E-state index in [1.165, 1.54) is 0 Å². The van der Waals surface area contributed by atoms with Gasteiger partial charge in [-0.25, -0.2) is 0 Å². The van der Waals surface area contributed by atoms with Crippen molar-refractivity contribution in [3.8, 4) is 0 Å². The lowest BCUT2D eigenvalue weighted by Gasteiger charge is -2.34. The summed E-state index contributed by atoms with van der Waals surface area (Å²) in [6.07, 6.45) is 1.54. The van der Waals surface area contributed by atoms with Gasteiger partial charge in [-0.3, -0.25) is 18.9 Å². The van der Waals surface area contributed by atoms with Crippen LogP contribution in [0.3, 0.4) is 0 Å². The third-order valence-corrected chi connectivity index (χ3v) is 11.6. The SMILES string of the molecule is CCC(OCC(COC(CC)OC1(CC)OCC(C)O1)SC(COC(CC)OC1(CC)OCC(C)O1)COC(CC)OC1(CC)OCC(C)O1)OC1(CC)OCC(C)O1. The first-order valence-electron chi connectivity index (χ1n) is 22.3. The van der Waals surface area contributed by atoms with E-state index in [2.05, 4.69) is 0 Å². The second-order valence-corrected chi connectivity index (χ2v) is 17.2. The summed E-state index contributed by atoms with van der Waals surface area (Å²) in [6.45, 7) is 26.5. The molecule has 0 aromatic heterocycles. The second-order valence-electron chi connectivity index (χ2n) is 15.6. The summed E-state index contributed by atoms with van der Waals surface area (Å²) in [5.41, 5.74) is 0. The summed E-state index contributed by atoms with van der Waals surface area (Å²) in [6, 6.07) is 0. The van der Waals surface area contributed by atoms with Crippen LogP contribution in [0.15, 0.2) is 0 Å². The Hall–Kier alpha value is -0.290. The van der Waals surface area contributed by atoms with Gasteiger partial charge in [-0.15, -0.1) is 11.8 Å². The Labute approximate surface area is 358 Å². The maximum Gasteiger partial charge on any atom is 0.285 e. The lowest BCUT2D eigenvalue weighted by Crippen LogP contribution is -2.42. The Morgan fingerprint density at radius 2 is 0.627 bits per heavy atom. The van der Waals surface area contributed by atoms with Gasteiger partial charge in [-0.1, -0.05) is 55.4 Å². The van der Waals surface area contributed by atoms with Gasteiger partial charge in [0.25, 0.3) is 23.9 Å². The standard InChI is InChI=1S/C42H78O16S/c1-13-35(55-39(17-5)47-21-29(9)51-39)43-25-33(26-44-36(14-2)56-40(18-6)48-22-30(10)52-40)59-34(27-45-37(15-3)57-41(19-7)49-23-31(11)53-41)28-46-38(16-4)58-42(20-8)50-24-32(12)54-42/h29-38H,13-28H2,1-12H3. The highest BCUT2D eigenvalue weighted by molar-refractivity contribution is 8.00. The van der Waals surface area contributed by atoms with E-state index in [0.717, 1.165) is 0 Å². The fourth-order valence-corrected chi connectivity index (χ4v) is 8.10. The van der Waals surface area contributed by atoms with Crippen LogP contribution >= 0.6 is 11.8 Å². The van der Waals surface area contributed by atoms with Crippen LogP contribution in [0.4, 0.5) is 0 Å². The molecule has 17 heteroatoms. The second kappa shape index (κ2) is 24.7. The van der Waals surface area contributed by atoms with Crippen LogP contribution in [0.1, 0.15) is 134 Å². The summed E-state index contributed by atoms with van der Waals surface area (Å²) >= 11 is 1.62. The number of thioether (sulfide) groups is 1. The molecule has 59 heavy (non-hydrogen) atoms. The van der Waals surface area contributed by atoms with Crippen molar-refractivity contribution in [2.45, 2.75) is 218 Å². The van der Waals surface area contributed by atoms with Crippen LogP contribution in [0.25, 0.3) is 0 Å². The van der Waals surface area contributed by atoms with Crippen LogP contribution < -0.4 is 0 Å².